The van der Waals surface area contributed by atoms with E-state index in [1.807, 2.05) is 0 Å². The second-order valence-corrected chi connectivity index (χ2v) is 6.75. The van der Waals surface area contributed by atoms with Gasteiger partial charge in [0, 0.05) is 12.6 Å². The van der Waals surface area contributed by atoms with Gasteiger partial charge in [-0.1, -0.05) is 6.07 Å². The van der Waals surface area contributed by atoms with Gasteiger partial charge in [0.25, 0.3) is 0 Å². The summed E-state index contributed by atoms with van der Waals surface area (Å²) in [6.07, 6.45) is 0.546. The predicted octanol–water partition coefficient (Wildman–Crippen LogP) is 4.63. The Labute approximate surface area is 130 Å². The Balaban J connectivity index is 1.59. The third-order valence-electron chi connectivity index (χ3n) is 4.02. The Kier molecular flexibility index (Phi) is 4.19. The van der Waals surface area contributed by atoms with E-state index < -0.39 is 6.36 Å². The highest BCUT2D eigenvalue weighted by Gasteiger charge is 2.41. The molecule has 2 nitrogen and oxygen atoms in total. The summed E-state index contributed by atoms with van der Waals surface area (Å²) in [6, 6.07) is 5.30. The van der Waals surface area contributed by atoms with Crippen LogP contribution in [0.15, 0.2) is 22.7 Å². The van der Waals surface area contributed by atoms with Crippen molar-refractivity contribution in [3.8, 4) is 5.75 Å². The lowest BCUT2D eigenvalue weighted by atomic mass is 10.1. The van der Waals surface area contributed by atoms with Crippen LogP contribution in [0.2, 0.25) is 0 Å². The van der Waals surface area contributed by atoms with Crippen molar-refractivity contribution >= 4 is 15.9 Å². The van der Waals surface area contributed by atoms with Crippen LogP contribution in [0.5, 0.6) is 5.75 Å². The third-order valence-corrected chi connectivity index (χ3v) is 4.64. The summed E-state index contributed by atoms with van der Waals surface area (Å²) in [6.45, 7) is 0.683. The fourth-order valence-corrected chi connectivity index (χ4v) is 3.23. The Bertz CT molecular complexity index is 500. The smallest absolute Gasteiger partial charge is 0.405 e. The second-order valence-electron chi connectivity index (χ2n) is 5.89. The Morgan fingerprint density at radius 3 is 2.29 bits per heavy atom. The van der Waals surface area contributed by atoms with Crippen LogP contribution in [0, 0.1) is 11.8 Å². The molecule has 0 saturated heterocycles. The molecular weight excluding hydrogens is 347 g/mol. The lowest BCUT2D eigenvalue weighted by Crippen LogP contribution is -2.32. The highest BCUT2D eigenvalue weighted by Crippen LogP contribution is 2.44. The van der Waals surface area contributed by atoms with Crippen LogP contribution in [0.25, 0.3) is 0 Å². The molecule has 0 aliphatic heterocycles. The predicted molar refractivity (Wildman–Crippen MR) is 76.9 cm³/mol. The SMILES string of the molecule is FC(F)(F)Oc1ccc(CNC(C2CC2)C2CC2)cc1Br. The summed E-state index contributed by atoms with van der Waals surface area (Å²) in [5.41, 5.74) is 0.961. The van der Waals surface area contributed by atoms with Gasteiger partial charge in [-0.05, 0) is 71.1 Å². The summed E-state index contributed by atoms with van der Waals surface area (Å²) in [4.78, 5) is 0. The van der Waals surface area contributed by atoms with Crippen molar-refractivity contribution in [1.29, 1.82) is 0 Å². The number of alkyl halides is 3. The average molecular weight is 364 g/mol. The van der Waals surface area contributed by atoms with Crippen molar-refractivity contribution in [3.63, 3.8) is 0 Å². The number of nitrogens with one attached hydrogen (secondary N) is 1. The summed E-state index contributed by atoms with van der Waals surface area (Å²) in [5, 5.41) is 3.57. The van der Waals surface area contributed by atoms with Gasteiger partial charge in [-0.3, -0.25) is 0 Å². The fourth-order valence-electron chi connectivity index (χ4n) is 2.73. The number of benzene rings is 1. The Morgan fingerprint density at radius 2 is 1.81 bits per heavy atom. The first-order valence-electron chi connectivity index (χ1n) is 7.20. The molecule has 0 radical (unpaired) electrons. The summed E-state index contributed by atoms with van der Waals surface area (Å²) >= 11 is 3.14. The number of halogens is 4. The maximum Gasteiger partial charge on any atom is 0.573 e. The number of hydrogen-bond donors (Lipinski definition) is 1. The normalized spacial score (nSPS) is 19.1. The number of hydrogen-bond acceptors (Lipinski definition) is 2. The molecule has 3 rings (SSSR count). The number of rotatable bonds is 6. The van der Waals surface area contributed by atoms with E-state index in [0.717, 1.165) is 17.4 Å². The quantitative estimate of drug-likeness (QED) is 0.795. The van der Waals surface area contributed by atoms with E-state index in [0.29, 0.717) is 17.1 Å². The van der Waals surface area contributed by atoms with E-state index in [4.69, 9.17) is 0 Å². The minimum absolute atomic E-state index is 0.202. The van der Waals surface area contributed by atoms with Crippen LogP contribution in [0.4, 0.5) is 13.2 Å². The average Bonchev–Trinajstić information content (AvgIpc) is 3.24. The van der Waals surface area contributed by atoms with Gasteiger partial charge >= 0.3 is 6.36 Å². The summed E-state index contributed by atoms with van der Waals surface area (Å²) in [7, 11) is 0. The zero-order valence-corrected chi connectivity index (χ0v) is 13.0. The molecule has 116 valence electrons. The van der Waals surface area contributed by atoms with Crippen molar-refractivity contribution in [2.75, 3.05) is 0 Å². The van der Waals surface area contributed by atoms with E-state index >= 15 is 0 Å². The van der Waals surface area contributed by atoms with Crippen molar-refractivity contribution in [3.05, 3.63) is 28.2 Å². The molecule has 0 amide bonds. The van der Waals surface area contributed by atoms with Gasteiger partial charge in [0.2, 0.25) is 0 Å². The minimum Gasteiger partial charge on any atom is -0.405 e. The molecule has 21 heavy (non-hydrogen) atoms. The van der Waals surface area contributed by atoms with Gasteiger partial charge in [0.05, 0.1) is 4.47 Å². The van der Waals surface area contributed by atoms with E-state index in [9.17, 15) is 13.2 Å². The summed E-state index contributed by atoms with van der Waals surface area (Å²) in [5.74, 6) is 1.40. The zero-order chi connectivity index (χ0) is 15.0. The van der Waals surface area contributed by atoms with Crippen LogP contribution >= 0.6 is 15.9 Å². The molecule has 6 heteroatoms. The van der Waals surface area contributed by atoms with E-state index in [1.54, 1.807) is 12.1 Å². The fraction of sp³-hybridized carbons (Fsp3) is 0.600. The van der Waals surface area contributed by atoms with Gasteiger partial charge < -0.3 is 10.1 Å². The van der Waals surface area contributed by atoms with E-state index in [2.05, 4.69) is 26.0 Å². The molecule has 2 aliphatic carbocycles. The van der Waals surface area contributed by atoms with Crippen molar-refractivity contribution in [2.24, 2.45) is 11.8 Å². The molecule has 2 aliphatic rings. The standard InChI is InChI=1S/C15H17BrF3NO/c16-12-7-9(1-6-13(12)21-15(17,18)19)8-20-14(10-2-3-10)11-4-5-11/h1,6-7,10-11,14,20H,2-5,8H2. The molecule has 2 fully saturated rings. The molecular formula is C15H17BrF3NO. The van der Waals surface area contributed by atoms with E-state index in [-0.39, 0.29) is 5.75 Å². The maximum atomic E-state index is 12.2. The second kappa shape index (κ2) is 5.80. The lowest BCUT2D eigenvalue weighted by Gasteiger charge is -2.18. The lowest BCUT2D eigenvalue weighted by molar-refractivity contribution is -0.274. The van der Waals surface area contributed by atoms with Gasteiger partial charge in [-0.25, -0.2) is 0 Å². The molecule has 0 spiro atoms. The van der Waals surface area contributed by atoms with Gasteiger partial charge in [0.1, 0.15) is 5.75 Å². The van der Waals surface area contributed by atoms with Gasteiger partial charge in [-0.2, -0.15) is 0 Å². The van der Waals surface area contributed by atoms with Crippen LogP contribution in [0.3, 0.4) is 0 Å². The van der Waals surface area contributed by atoms with Gasteiger partial charge in [-0.15, -0.1) is 13.2 Å². The van der Waals surface area contributed by atoms with Gasteiger partial charge in [0.15, 0.2) is 0 Å². The maximum absolute atomic E-state index is 12.2. The monoisotopic (exact) mass is 363 g/mol. The van der Waals surface area contributed by atoms with Crippen LogP contribution in [-0.4, -0.2) is 12.4 Å². The van der Waals surface area contributed by atoms with Crippen LogP contribution in [0.1, 0.15) is 31.2 Å². The molecule has 1 N–H and O–H groups in total. The van der Waals surface area contributed by atoms with Crippen molar-refractivity contribution < 1.29 is 17.9 Å². The Hall–Kier alpha value is -0.750. The Morgan fingerprint density at radius 1 is 1.19 bits per heavy atom. The third kappa shape index (κ3) is 4.36. The highest BCUT2D eigenvalue weighted by atomic mass is 79.9. The molecule has 0 bridgehead atoms. The van der Waals surface area contributed by atoms with Crippen molar-refractivity contribution in [2.45, 2.75) is 44.6 Å². The summed E-state index contributed by atoms with van der Waals surface area (Å²) < 4.78 is 40.9. The molecule has 0 unspecified atom stereocenters. The molecule has 2 saturated carbocycles. The van der Waals surface area contributed by atoms with Crippen molar-refractivity contribution in [1.82, 2.24) is 5.32 Å². The number of ether oxygens (including phenoxy) is 1. The van der Waals surface area contributed by atoms with Crippen LogP contribution < -0.4 is 10.1 Å². The zero-order valence-electron chi connectivity index (χ0n) is 11.4. The first-order valence-corrected chi connectivity index (χ1v) is 7.99. The topological polar surface area (TPSA) is 21.3 Å². The molecule has 1 aromatic carbocycles. The molecule has 0 aromatic heterocycles. The first-order chi connectivity index (χ1) is 9.92. The first kappa shape index (κ1) is 15.2. The molecule has 0 heterocycles. The van der Waals surface area contributed by atoms with E-state index in [1.165, 1.54) is 31.7 Å². The molecule has 1 aromatic rings. The minimum atomic E-state index is -4.66. The highest BCUT2D eigenvalue weighted by molar-refractivity contribution is 9.10. The largest absolute Gasteiger partial charge is 0.573 e. The van der Waals surface area contributed by atoms with Crippen LogP contribution in [-0.2, 0) is 6.54 Å². The molecule has 0 atom stereocenters.